The lowest BCUT2D eigenvalue weighted by Gasteiger charge is -2.10. The van der Waals surface area contributed by atoms with Crippen molar-refractivity contribution in [2.24, 2.45) is 0 Å². The summed E-state index contributed by atoms with van der Waals surface area (Å²) in [5.41, 5.74) is 2.36. The molecule has 0 spiro atoms. The van der Waals surface area contributed by atoms with Crippen LogP contribution in [0.5, 0.6) is 17.4 Å². The number of aromatic nitrogens is 4. The summed E-state index contributed by atoms with van der Waals surface area (Å²) in [6, 6.07) is 18.6. The Morgan fingerprint density at radius 3 is 2.56 bits per heavy atom. The van der Waals surface area contributed by atoms with Gasteiger partial charge in [0.05, 0.1) is 27.2 Å². The smallest absolute Gasteiger partial charge is 0.231 e. The molecule has 2 aromatic heterocycles. The predicted octanol–water partition coefficient (Wildman–Crippen LogP) is 2.55. The molecule has 164 valence electrons. The average molecular weight is 433 g/mol. The van der Waals surface area contributed by atoms with Crippen molar-refractivity contribution in [1.82, 2.24) is 25.1 Å². The summed E-state index contributed by atoms with van der Waals surface area (Å²) in [6.45, 7) is 0.624. The lowest BCUT2D eigenvalue weighted by molar-refractivity contribution is -0.120. The van der Waals surface area contributed by atoms with E-state index in [0.29, 0.717) is 35.4 Å². The Balaban J connectivity index is 1.31. The molecule has 0 unspecified atom stereocenters. The van der Waals surface area contributed by atoms with Crippen molar-refractivity contribution < 1.29 is 19.0 Å². The zero-order valence-corrected chi connectivity index (χ0v) is 17.8. The monoisotopic (exact) mass is 433 g/mol. The van der Waals surface area contributed by atoms with Crippen LogP contribution in [0.4, 0.5) is 0 Å². The number of carbonyl (C=O) groups is 1. The topological polar surface area (TPSA) is 99.9 Å². The zero-order valence-electron chi connectivity index (χ0n) is 17.8. The number of carbonyl (C=O) groups excluding carboxylic acids is 1. The zero-order chi connectivity index (χ0) is 22.3. The number of hydrogen-bond donors (Lipinski definition) is 1. The highest BCUT2D eigenvalue weighted by atomic mass is 16.5. The molecule has 0 radical (unpaired) electrons. The summed E-state index contributed by atoms with van der Waals surface area (Å²) >= 11 is 0. The summed E-state index contributed by atoms with van der Waals surface area (Å²) in [6.07, 6.45) is 0.228. The fourth-order valence-electron chi connectivity index (χ4n) is 3.20. The summed E-state index contributed by atoms with van der Waals surface area (Å²) in [5, 5.41) is 15.7. The highest BCUT2D eigenvalue weighted by Crippen LogP contribution is 2.27. The Morgan fingerprint density at radius 1 is 0.969 bits per heavy atom. The fourth-order valence-corrected chi connectivity index (χ4v) is 3.20. The standard InChI is InChI=1S/C23H23N5O4/c1-30-18-9-8-16(14-19(18)31-2)15-21(29)24-12-13-32-22-11-10-20-25-26-23(28(20)27-22)17-6-4-3-5-7-17/h3-11,14H,12-13,15H2,1-2H3,(H,24,29). The van der Waals surface area contributed by atoms with Crippen molar-refractivity contribution in [2.45, 2.75) is 6.42 Å². The lowest BCUT2D eigenvalue weighted by Crippen LogP contribution is -2.29. The maximum Gasteiger partial charge on any atom is 0.231 e. The van der Waals surface area contributed by atoms with Crippen molar-refractivity contribution in [3.8, 4) is 28.8 Å². The van der Waals surface area contributed by atoms with Gasteiger partial charge in [-0.25, -0.2) is 0 Å². The first-order valence-electron chi connectivity index (χ1n) is 10.1. The minimum atomic E-state index is -0.116. The van der Waals surface area contributed by atoms with E-state index < -0.39 is 0 Å². The molecule has 1 N–H and O–H groups in total. The van der Waals surface area contributed by atoms with Crippen molar-refractivity contribution in [3.05, 3.63) is 66.2 Å². The van der Waals surface area contributed by atoms with Crippen LogP contribution in [0.15, 0.2) is 60.7 Å². The van der Waals surface area contributed by atoms with E-state index >= 15 is 0 Å². The molecule has 2 aromatic carbocycles. The Bertz CT molecular complexity index is 1210. The molecular formula is C23H23N5O4. The third-order valence-electron chi connectivity index (χ3n) is 4.76. The summed E-state index contributed by atoms with van der Waals surface area (Å²) in [4.78, 5) is 12.2. The van der Waals surface area contributed by atoms with Crippen molar-refractivity contribution in [2.75, 3.05) is 27.4 Å². The second kappa shape index (κ2) is 9.78. The number of fused-ring (bicyclic) bond motifs is 1. The first kappa shape index (κ1) is 21.1. The summed E-state index contributed by atoms with van der Waals surface area (Å²) in [7, 11) is 3.13. The van der Waals surface area contributed by atoms with E-state index in [1.54, 1.807) is 43.0 Å². The molecule has 0 saturated heterocycles. The minimum absolute atomic E-state index is 0.116. The molecule has 0 fully saturated rings. The first-order valence-corrected chi connectivity index (χ1v) is 10.1. The Kier molecular flexibility index (Phi) is 6.45. The van der Waals surface area contributed by atoms with Crippen molar-refractivity contribution in [1.29, 1.82) is 0 Å². The normalized spacial score (nSPS) is 10.7. The molecule has 2 heterocycles. The second-order valence-electron chi connectivity index (χ2n) is 6.90. The van der Waals surface area contributed by atoms with Crippen molar-refractivity contribution in [3.63, 3.8) is 0 Å². The van der Waals surface area contributed by atoms with Gasteiger partial charge in [0.15, 0.2) is 23.0 Å². The van der Waals surface area contributed by atoms with Gasteiger partial charge in [-0.15, -0.1) is 15.3 Å². The number of hydrogen-bond acceptors (Lipinski definition) is 7. The van der Waals surface area contributed by atoms with E-state index in [-0.39, 0.29) is 18.9 Å². The fraction of sp³-hybridized carbons (Fsp3) is 0.217. The minimum Gasteiger partial charge on any atom is -0.493 e. The van der Waals surface area contributed by atoms with E-state index in [4.69, 9.17) is 14.2 Å². The van der Waals surface area contributed by atoms with Gasteiger partial charge in [0.25, 0.3) is 0 Å². The van der Waals surface area contributed by atoms with Crippen molar-refractivity contribution >= 4 is 11.6 Å². The number of amides is 1. The number of nitrogens with one attached hydrogen (secondary N) is 1. The van der Waals surface area contributed by atoms with Crippen LogP contribution in [0.2, 0.25) is 0 Å². The predicted molar refractivity (Wildman–Crippen MR) is 118 cm³/mol. The summed E-state index contributed by atoms with van der Waals surface area (Å²) in [5.74, 6) is 2.15. The van der Waals surface area contributed by atoms with E-state index in [1.165, 1.54) is 0 Å². The molecule has 0 bridgehead atoms. The van der Waals surface area contributed by atoms with Crippen LogP contribution in [-0.4, -0.2) is 53.1 Å². The average Bonchev–Trinajstić information content (AvgIpc) is 3.25. The van der Waals surface area contributed by atoms with Gasteiger partial charge in [-0.1, -0.05) is 36.4 Å². The van der Waals surface area contributed by atoms with Gasteiger partial charge < -0.3 is 19.5 Å². The molecule has 0 aliphatic carbocycles. The third-order valence-corrected chi connectivity index (χ3v) is 4.76. The van der Waals surface area contributed by atoms with E-state index in [0.717, 1.165) is 11.1 Å². The largest absolute Gasteiger partial charge is 0.493 e. The Labute approximate surface area is 185 Å². The van der Waals surface area contributed by atoms with Crippen LogP contribution in [0.25, 0.3) is 17.0 Å². The van der Waals surface area contributed by atoms with E-state index in [9.17, 15) is 4.79 Å². The lowest BCUT2D eigenvalue weighted by atomic mass is 10.1. The first-order chi connectivity index (χ1) is 15.7. The Morgan fingerprint density at radius 2 is 1.78 bits per heavy atom. The van der Waals surface area contributed by atoms with Gasteiger partial charge in [-0.2, -0.15) is 4.52 Å². The maximum absolute atomic E-state index is 12.2. The molecule has 0 aliphatic rings. The number of ether oxygens (including phenoxy) is 3. The van der Waals surface area contributed by atoms with E-state index in [2.05, 4.69) is 20.6 Å². The molecule has 32 heavy (non-hydrogen) atoms. The van der Waals surface area contributed by atoms with Gasteiger partial charge in [-0.05, 0) is 23.8 Å². The number of benzene rings is 2. The van der Waals surface area contributed by atoms with Crippen LogP contribution in [0, 0.1) is 0 Å². The number of rotatable bonds is 9. The third kappa shape index (κ3) is 4.77. The van der Waals surface area contributed by atoms with Crippen LogP contribution in [0.3, 0.4) is 0 Å². The summed E-state index contributed by atoms with van der Waals surface area (Å²) < 4.78 is 17.8. The molecule has 0 atom stereocenters. The molecule has 0 saturated carbocycles. The van der Waals surface area contributed by atoms with Gasteiger partial charge >= 0.3 is 0 Å². The highest BCUT2D eigenvalue weighted by molar-refractivity contribution is 5.78. The van der Waals surface area contributed by atoms with E-state index in [1.807, 2.05) is 36.4 Å². The van der Waals surface area contributed by atoms with Gasteiger partial charge in [0.2, 0.25) is 11.8 Å². The Hall–Kier alpha value is -4.14. The number of nitrogens with zero attached hydrogens (tertiary/aromatic N) is 4. The molecule has 1 amide bonds. The number of methoxy groups -OCH3 is 2. The maximum atomic E-state index is 12.2. The second-order valence-corrected chi connectivity index (χ2v) is 6.90. The molecule has 9 heteroatoms. The van der Waals surface area contributed by atoms with Crippen LogP contribution in [-0.2, 0) is 11.2 Å². The SMILES string of the molecule is COc1ccc(CC(=O)NCCOc2ccc3nnc(-c4ccccc4)n3n2)cc1OC. The van der Waals surface area contributed by atoms with Crippen LogP contribution < -0.4 is 19.5 Å². The quantitative estimate of drug-likeness (QED) is 0.405. The molecule has 4 rings (SSSR count). The molecular weight excluding hydrogens is 410 g/mol. The van der Waals surface area contributed by atoms with Crippen LogP contribution >= 0.6 is 0 Å². The molecule has 0 aliphatic heterocycles. The highest BCUT2D eigenvalue weighted by Gasteiger charge is 2.11. The molecule has 4 aromatic rings. The van der Waals surface area contributed by atoms with Crippen LogP contribution in [0.1, 0.15) is 5.56 Å². The molecule has 9 nitrogen and oxygen atoms in total. The van der Waals surface area contributed by atoms with Gasteiger partial charge in [-0.3, -0.25) is 4.79 Å². The van der Waals surface area contributed by atoms with Gasteiger partial charge in [0, 0.05) is 11.6 Å². The van der Waals surface area contributed by atoms with Gasteiger partial charge in [0.1, 0.15) is 6.61 Å².